The smallest absolute Gasteiger partial charge is 0.337 e. The average Bonchev–Trinajstić information content (AvgIpc) is 3.46. The standard InChI is InChI=1S/C29H28N4O5S/c1-29(16-26(34)33-28-30-12-13-39-28)22-15-25(24(36-2)14-20(22)10-11-32-29)38-21-8-9-23(31-17-21)18-4-6-19(7-5-18)27(35)37-3/h4-9,12-15,17,32H,10-11,16H2,1-3H3,(H,30,33,34)/t29-/m1/s1. The molecule has 1 aliphatic heterocycles. The highest BCUT2D eigenvalue weighted by molar-refractivity contribution is 7.13. The second-order valence-corrected chi connectivity index (χ2v) is 10.2. The summed E-state index contributed by atoms with van der Waals surface area (Å²) in [5.41, 5.74) is 3.55. The molecule has 0 saturated carbocycles. The van der Waals surface area contributed by atoms with E-state index >= 15 is 0 Å². The molecule has 5 rings (SSSR count). The highest BCUT2D eigenvalue weighted by Gasteiger charge is 2.35. The lowest BCUT2D eigenvalue weighted by atomic mass is 9.81. The summed E-state index contributed by atoms with van der Waals surface area (Å²) in [5.74, 6) is 1.17. The molecule has 0 aliphatic carbocycles. The van der Waals surface area contributed by atoms with Gasteiger partial charge in [0.05, 0.1) is 31.7 Å². The number of anilines is 1. The number of hydrogen-bond donors (Lipinski definition) is 2. The van der Waals surface area contributed by atoms with Crippen molar-refractivity contribution in [2.75, 3.05) is 26.1 Å². The fourth-order valence-electron chi connectivity index (χ4n) is 4.69. The third kappa shape index (κ3) is 5.76. The number of fused-ring (bicyclic) bond motifs is 1. The maximum absolute atomic E-state index is 12.8. The molecule has 9 nitrogen and oxygen atoms in total. The van der Waals surface area contributed by atoms with Crippen LogP contribution in [0.5, 0.6) is 17.2 Å². The van der Waals surface area contributed by atoms with Crippen LogP contribution < -0.4 is 20.1 Å². The summed E-state index contributed by atoms with van der Waals surface area (Å²) in [6.45, 7) is 2.76. The fourth-order valence-corrected chi connectivity index (χ4v) is 5.24. The molecule has 2 aromatic heterocycles. The molecule has 4 aromatic rings. The van der Waals surface area contributed by atoms with Crippen LogP contribution in [0.2, 0.25) is 0 Å². The van der Waals surface area contributed by atoms with E-state index in [4.69, 9.17) is 14.2 Å². The van der Waals surface area contributed by atoms with Crippen LogP contribution in [0.15, 0.2) is 66.3 Å². The number of carbonyl (C=O) groups excluding carboxylic acids is 2. The van der Waals surface area contributed by atoms with Crippen LogP contribution in [0.25, 0.3) is 11.3 Å². The number of carbonyl (C=O) groups is 2. The Bertz CT molecular complexity index is 1470. The third-order valence-corrected chi connectivity index (χ3v) is 7.34. The molecular formula is C29H28N4O5S. The van der Waals surface area contributed by atoms with E-state index in [1.807, 2.05) is 48.7 Å². The van der Waals surface area contributed by atoms with Crippen molar-refractivity contribution in [3.05, 3.63) is 83.0 Å². The Labute approximate surface area is 230 Å². The van der Waals surface area contributed by atoms with E-state index in [9.17, 15) is 9.59 Å². The van der Waals surface area contributed by atoms with Crippen LogP contribution in [-0.2, 0) is 21.5 Å². The first-order chi connectivity index (χ1) is 18.9. The maximum atomic E-state index is 12.8. The second-order valence-electron chi connectivity index (χ2n) is 9.28. The van der Waals surface area contributed by atoms with Gasteiger partial charge in [-0.15, -0.1) is 11.3 Å². The molecule has 0 saturated heterocycles. The minimum atomic E-state index is -0.599. The summed E-state index contributed by atoms with van der Waals surface area (Å²) in [4.78, 5) is 33.2. The third-order valence-electron chi connectivity index (χ3n) is 6.65. The first-order valence-electron chi connectivity index (χ1n) is 12.4. The number of rotatable bonds is 8. The van der Waals surface area contributed by atoms with Crippen LogP contribution in [0.4, 0.5) is 5.13 Å². The zero-order valence-corrected chi connectivity index (χ0v) is 22.6. The van der Waals surface area contributed by atoms with Crippen molar-refractivity contribution in [2.24, 2.45) is 0 Å². The van der Waals surface area contributed by atoms with Gasteiger partial charge in [0.15, 0.2) is 16.6 Å². The monoisotopic (exact) mass is 544 g/mol. The molecule has 0 radical (unpaired) electrons. The Morgan fingerprint density at radius 2 is 1.90 bits per heavy atom. The first-order valence-corrected chi connectivity index (χ1v) is 13.2. The molecule has 3 heterocycles. The van der Waals surface area contributed by atoms with E-state index in [1.54, 1.807) is 31.6 Å². The summed E-state index contributed by atoms with van der Waals surface area (Å²) in [5, 5.41) is 8.79. The van der Waals surface area contributed by atoms with Gasteiger partial charge in [-0.05, 0) is 60.9 Å². The van der Waals surface area contributed by atoms with E-state index in [1.165, 1.54) is 18.4 Å². The minimum absolute atomic E-state index is 0.120. The normalized spacial score (nSPS) is 16.2. The number of esters is 1. The van der Waals surface area contributed by atoms with Crippen LogP contribution in [0.1, 0.15) is 34.8 Å². The molecule has 10 heteroatoms. The van der Waals surface area contributed by atoms with E-state index in [0.717, 1.165) is 35.3 Å². The Morgan fingerprint density at radius 1 is 1.08 bits per heavy atom. The zero-order chi connectivity index (χ0) is 27.4. The molecule has 0 fully saturated rings. The first kappa shape index (κ1) is 26.3. The van der Waals surface area contributed by atoms with E-state index in [-0.39, 0.29) is 18.3 Å². The number of aromatic nitrogens is 2. The van der Waals surface area contributed by atoms with Crippen molar-refractivity contribution in [1.29, 1.82) is 0 Å². The fraction of sp³-hybridized carbons (Fsp3) is 0.241. The maximum Gasteiger partial charge on any atom is 0.337 e. The number of nitrogens with one attached hydrogen (secondary N) is 2. The number of nitrogens with zero attached hydrogens (tertiary/aromatic N) is 2. The van der Waals surface area contributed by atoms with Crippen molar-refractivity contribution >= 4 is 28.3 Å². The second kappa shape index (κ2) is 11.2. The van der Waals surface area contributed by atoms with Crippen molar-refractivity contribution in [2.45, 2.75) is 25.3 Å². The molecule has 2 aromatic carbocycles. The molecule has 0 unspecified atom stereocenters. The number of hydrogen-bond acceptors (Lipinski definition) is 9. The predicted octanol–water partition coefficient (Wildman–Crippen LogP) is 5.18. The summed E-state index contributed by atoms with van der Waals surface area (Å²) in [7, 11) is 2.96. The Balaban J connectivity index is 1.37. The number of thiazole rings is 1. The number of ether oxygens (including phenoxy) is 3. The highest BCUT2D eigenvalue weighted by Crippen LogP contribution is 2.41. The number of amides is 1. The lowest BCUT2D eigenvalue weighted by Gasteiger charge is -2.37. The number of methoxy groups -OCH3 is 2. The van der Waals surface area contributed by atoms with Crippen LogP contribution in [0, 0.1) is 0 Å². The average molecular weight is 545 g/mol. The van der Waals surface area contributed by atoms with Gasteiger partial charge in [-0.25, -0.2) is 9.78 Å². The SMILES string of the molecule is COC(=O)c1ccc(-c2ccc(Oc3cc4c(cc3OC)CCN[C@]4(C)CC(=O)Nc3nccs3)cn2)cc1. The molecular weight excluding hydrogens is 516 g/mol. The summed E-state index contributed by atoms with van der Waals surface area (Å²) in [6.07, 6.45) is 4.34. The van der Waals surface area contributed by atoms with Crippen molar-refractivity contribution in [3.63, 3.8) is 0 Å². The van der Waals surface area contributed by atoms with Crippen LogP contribution >= 0.6 is 11.3 Å². The zero-order valence-electron chi connectivity index (χ0n) is 21.8. The van der Waals surface area contributed by atoms with Crippen molar-refractivity contribution in [3.8, 4) is 28.5 Å². The lowest BCUT2D eigenvalue weighted by Crippen LogP contribution is -2.47. The van der Waals surface area contributed by atoms with E-state index < -0.39 is 5.54 Å². The molecule has 200 valence electrons. The number of pyridine rings is 1. The van der Waals surface area contributed by atoms with Gasteiger partial charge in [0.25, 0.3) is 0 Å². The molecule has 2 N–H and O–H groups in total. The van der Waals surface area contributed by atoms with Crippen LogP contribution in [0.3, 0.4) is 0 Å². The molecule has 39 heavy (non-hydrogen) atoms. The van der Waals surface area contributed by atoms with E-state index in [2.05, 4.69) is 20.6 Å². The van der Waals surface area contributed by atoms with Gasteiger partial charge in [-0.3, -0.25) is 9.78 Å². The Kier molecular flexibility index (Phi) is 7.58. The lowest BCUT2D eigenvalue weighted by molar-refractivity contribution is -0.117. The molecule has 0 spiro atoms. The quantitative estimate of drug-likeness (QED) is 0.292. The van der Waals surface area contributed by atoms with Crippen molar-refractivity contribution in [1.82, 2.24) is 15.3 Å². The van der Waals surface area contributed by atoms with E-state index in [0.29, 0.717) is 27.9 Å². The highest BCUT2D eigenvalue weighted by atomic mass is 32.1. The largest absolute Gasteiger partial charge is 0.493 e. The molecule has 1 atom stereocenters. The van der Waals surface area contributed by atoms with Crippen LogP contribution in [-0.4, -0.2) is 42.6 Å². The van der Waals surface area contributed by atoms with Gasteiger partial charge in [0.2, 0.25) is 5.91 Å². The Hall–Kier alpha value is -4.28. The predicted molar refractivity (Wildman–Crippen MR) is 148 cm³/mol. The Morgan fingerprint density at radius 3 is 2.56 bits per heavy atom. The molecule has 1 amide bonds. The molecule has 0 bridgehead atoms. The van der Waals surface area contributed by atoms with Gasteiger partial charge in [-0.2, -0.15) is 0 Å². The van der Waals surface area contributed by atoms with Crippen molar-refractivity contribution < 1.29 is 23.8 Å². The summed E-state index contributed by atoms with van der Waals surface area (Å²) < 4.78 is 16.6. The van der Waals surface area contributed by atoms with Gasteiger partial charge in [0.1, 0.15) is 5.75 Å². The van der Waals surface area contributed by atoms with Gasteiger partial charge >= 0.3 is 5.97 Å². The summed E-state index contributed by atoms with van der Waals surface area (Å²) in [6, 6.07) is 14.6. The van der Waals surface area contributed by atoms with Gasteiger partial charge in [-0.1, -0.05) is 12.1 Å². The van der Waals surface area contributed by atoms with Gasteiger partial charge < -0.3 is 24.8 Å². The number of benzene rings is 2. The van der Waals surface area contributed by atoms with Gasteiger partial charge in [0, 0.05) is 35.6 Å². The molecule has 1 aliphatic rings. The summed E-state index contributed by atoms with van der Waals surface area (Å²) >= 11 is 1.38. The topological polar surface area (TPSA) is 112 Å². The minimum Gasteiger partial charge on any atom is -0.493 e.